The molecule has 1 saturated heterocycles. The summed E-state index contributed by atoms with van der Waals surface area (Å²) in [6.45, 7) is 9.23. The molecule has 0 spiro atoms. The second kappa shape index (κ2) is 11.6. The first kappa shape index (κ1) is 21.2. The standard InChI is InChI=1S/C20H32N4O3/c1-16(2)14-24-10-11-27-18(15-24)13-22-19(25)8-9-21-20(26)23-12-17-6-4-3-5-7-17/h3-7,16,18H,8-15H2,1-2H3,(H,22,25)(H2,21,23,26). The minimum Gasteiger partial charge on any atom is -0.374 e. The van der Waals surface area contributed by atoms with E-state index in [1.807, 2.05) is 30.3 Å². The summed E-state index contributed by atoms with van der Waals surface area (Å²) in [6.07, 6.45) is 0.282. The molecule has 0 aromatic heterocycles. The second-order valence-electron chi connectivity index (χ2n) is 7.30. The van der Waals surface area contributed by atoms with Gasteiger partial charge in [-0.05, 0) is 11.5 Å². The van der Waals surface area contributed by atoms with Crippen LogP contribution in [0.3, 0.4) is 0 Å². The SMILES string of the molecule is CC(C)CN1CCOC(CNC(=O)CCNC(=O)NCc2ccccc2)C1. The van der Waals surface area contributed by atoms with Crippen molar-refractivity contribution in [2.45, 2.75) is 32.9 Å². The topological polar surface area (TPSA) is 82.7 Å². The predicted molar refractivity (Wildman–Crippen MR) is 105 cm³/mol. The van der Waals surface area contributed by atoms with Gasteiger partial charge >= 0.3 is 6.03 Å². The molecule has 1 heterocycles. The molecule has 150 valence electrons. The van der Waals surface area contributed by atoms with Crippen LogP contribution in [0.5, 0.6) is 0 Å². The van der Waals surface area contributed by atoms with Crippen LogP contribution >= 0.6 is 0 Å². The summed E-state index contributed by atoms with van der Waals surface area (Å²) < 4.78 is 5.72. The van der Waals surface area contributed by atoms with Crippen molar-refractivity contribution >= 4 is 11.9 Å². The molecule has 1 aliphatic rings. The van der Waals surface area contributed by atoms with Crippen LogP contribution in [0.15, 0.2) is 30.3 Å². The minimum atomic E-state index is -0.272. The molecule has 1 unspecified atom stereocenters. The number of benzene rings is 1. The highest BCUT2D eigenvalue weighted by Crippen LogP contribution is 2.07. The molecule has 0 bridgehead atoms. The Balaban J connectivity index is 1.54. The van der Waals surface area contributed by atoms with Crippen molar-refractivity contribution in [2.24, 2.45) is 5.92 Å². The van der Waals surface area contributed by atoms with Crippen molar-refractivity contribution in [3.05, 3.63) is 35.9 Å². The number of morpholine rings is 1. The highest BCUT2D eigenvalue weighted by Gasteiger charge is 2.21. The fourth-order valence-corrected chi connectivity index (χ4v) is 3.03. The maximum atomic E-state index is 12.0. The lowest BCUT2D eigenvalue weighted by Crippen LogP contribution is -2.48. The van der Waals surface area contributed by atoms with Gasteiger partial charge in [-0.2, -0.15) is 0 Å². The van der Waals surface area contributed by atoms with Gasteiger partial charge < -0.3 is 20.7 Å². The summed E-state index contributed by atoms with van der Waals surface area (Å²) in [5.41, 5.74) is 1.03. The number of hydrogen-bond donors (Lipinski definition) is 3. The molecule has 1 aromatic rings. The molecule has 1 aromatic carbocycles. The van der Waals surface area contributed by atoms with E-state index >= 15 is 0 Å². The van der Waals surface area contributed by atoms with Gasteiger partial charge in [0.25, 0.3) is 0 Å². The quantitative estimate of drug-likeness (QED) is 0.608. The van der Waals surface area contributed by atoms with E-state index in [1.165, 1.54) is 0 Å². The third-order valence-electron chi connectivity index (χ3n) is 4.31. The molecule has 0 saturated carbocycles. The fraction of sp³-hybridized carbons (Fsp3) is 0.600. The third kappa shape index (κ3) is 8.88. The lowest BCUT2D eigenvalue weighted by molar-refractivity contribution is -0.122. The molecular formula is C20H32N4O3. The molecular weight excluding hydrogens is 344 g/mol. The van der Waals surface area contributed by atoms with Crippen molar-refractivity contribution in [3.63, 3.8) is 0 Å². The lowest BCUT2D eigenvalue weighted by atomic mass is 10.2. The zero-order valence-electron chi connectivity index (χ0n) is 16.4. The van der Waals surface area contributed by atoms with Crippen molar-refractivity contribution < 1.29 is 14.3 Å². The van der Waals surface area contributed by atoms with E-state index in [9.17, 15) is 9.59 Å². The predicted octanol–water partition coefficient (Wildman–Crippen LogP) is 1.35. The molecule has 7 nitrogen and oxygen atoms in total. The van der Waals surface area contributed by atoms with E-state index in [4.69, 9.17) is 4.74 Å². The molecule has 0 aliphatic carbocycles. The highest BCUT2D eigenvalue weighted by atomic mass is 16.5. The van der Waals surface area contributed by atoms with Gasteiger partial charge in [-0.1, -0.05) is 44.2 Å². The minimum absolute atomic E-state index is 0.0311. The smallest absolute Gasteiger partial charge is 0.315 e. The van der Waals surface area contributed by atoms with Crippen LogP contribution < -0.4 is 16.0 Å². The first-order chi connectivity index (χ1) is 13.0. The number of nitrogens with one attached hydrogen (secondary N) is 3. The van der Waals surface area contributed by atoms with Gasteiger partial charge in [0.2, 0.25) is 5.91 Å². The zero-order valence-corrected chi connectivity index (χ0v) is 16.4. The Morgan fingerprint density at radius 1 is 1.19 bits per heavy atom. The van der Waals surface area contributed by atoms with Crippen LogP contribution in [0.1, 0.15) is 25.8 Å². The van der Waals surface area contributed by atoms with E-state index in [2.05, 4.69) is 34.7 Å². The monoisotopic (exact) mass is 376 g/mol. The summed E-state index contributed by atoms with van der Waals surface area (Å²) in [4.78, 5) is 26.1. The molecule has 3 amide bonds. The van der Waals surface area contributed by atoms with E-state index in [1.54, 1.807) is 0 Å². The molecule has 27 heavy (non-hydrogen) atoms. The van der Waals surface area contributed by atoms with Crippen LogP contribution in [-0.2, 0) is 16.1 Å². The Hall–Kier alpha value is -2.12. The first-order valence-electron chi connectivity index (χ1n) is 9.69. The summed E-state index contributed by atoms with van der Waals surface area (Å²) in [5.74, 6) is 0.542. The van der Waals surface area contributed by atoms with Crippen LogP contribution in [0.25, 0.3) is 0 Å². The number of carbonyl (C=O) groups excluding carboxylic acids is 2. The fourth-order valence-electron chi connectivity index (χ4n) is 3.03. The van der Waals surface area contributed by atoms with Crippen molar-refractivity contribution in [2.75, 3.05) is 39.3 Å². The van der Waals surface area contributed by atoms with E-state index < -0.39 is 0 Å². The number of rotatable bonds is 9. The largest absolute Gasteiger partial charge is 0.374 e. The van der Waals surface area contributed by atoms with Gasteiger partial charge in [0, 0.05) is 45.7 Å². The Kier molecular flexibility index (Phi) is 9.07. The van der Waals surface area contributed by atoms with E-state index in [0.717, 1.165) is 25.2 Å². The molecule has 2 rings (SSSR count). The lowest BCUT2D eigenvalue weighted by Gasteiger charge is -2.33. The maximum Gasteiger partial charge on any atom is 0.315 e. The van der Waals surface area contributed by atoms with Gasteiger partial charge in [0.05, 0.1) is 12.7 Å². The molecule has 0 radical (unpaired) electrons. The van der Waals surface area contributed by atoms with Gasteiger partial charge in [-0.3, -0.25) is 9.69 Å². The average molecular weight is 377 g/mol. The van der Waals surface area contributed by atoms with Gasteiger partial charge in [-0.25, -0.2) is 4.79 Å². The van der Waals surface area contributed by atoms with Crippen LogP contribution in [0.2, 0.25) is 0 Å². The third-order valence-corrected chi connectivity index (χ3v) is 4.31. The number of carbonyl (C=O) groups is 2. The highest BCUT2D eigenvalue weighted by molar-refractivity contribution is 5.78. The Bertz CT molecular complexity index is 580. The number of urea groups is 1. The summed E-state index contributed by atoms with van der Waals surface area (Å²) in [5, 5.41) is 8.37. The molecule has 7 heteroatoms. The van der Waals surface area contributed by atoms with Gasteiger partial charge in [0.1, 0.15) is 0 Å². The van der Waals surface area contributed by atoms with Crippen molar-refractivity contribution in [1.82, 2.24) is 20.9 Å². The van der Waals surface area contributed by atoms with E-state index in [-0.39, 0.29) is 24.5 Å². The number of amides is 3. The Morgan fingerprint density at radius 3 is 2.70 bits per heavy atom. The van der Waals surface area contributed by atoms with E-state index in [0.29, 0.717) is 32.2 Å². The number of hydrogen-bond acceptors (Lipinski definition) is 4. The number of nitrogens with zero attached hydrogens (tertiary/aromatic N) is 1. The molecule has 3 N–H and O–H groups in total. The summed E-state index contributed by atoms with van der Waals surface area (Å²) >= 11 is 0. The van der Waals surface area contributed by atoms with Crippen LogP contribution in [0.4, 0.5) is 4.79 Å². The zero-order chi connectivity index (χ0) is 19.5. The Morgan fingerprint density at radius 2 is 1.96 bits per heavy atom. The first-order valence-corrected chi connectivity index (χ1v) is 9.69. The second-order valence-corrected chi connectivity index (χ2v) is 7.30. The molecule has 1 fully saturated rings. The maximum absolute atomic E-state index is 12.0. The average Bonchev–Trinajstić information content (AvgIpc) is 2.65. The van der Waals surface area contributed by atoms with Gasteiger partial charge in [0.15, 0.2) is 0 Å². The molecule has 1 aliphatic heterocycles. The number of ether oxygens (including phenoxy) is 1. The van der Waals surface area contributed by atoms with Crippen molar-refractivity contribution in [3.8, 4) is 0 Å². The Labute approximate surface area is 161 Å². The normalized spacial score (nSPS) is 17.5. The summed E-state index contributed by atoms with van der Waals surface area (Å²) in [7, 11) is 0. The van der Waals surface area contributed by atoms with Crippen molar-refractivity contribution in [1.29, 1.82) is 0 Å². The molecule has 1 atom stereocenters. The van der Waals surface area contributed by atoms with Crippen LogP contribution in [0, 0.1) is 5.92 Å². The van der Waals surface area contributed by atoms with Crippen LogP contribution in [-0.4, -0.2) is 62.3 Å². The van der Waals surface area contributed by atoms with Gasteiger partial charge in [-0.15, -0.1) is 0 Å². The summed E-state index contributed by atoms with van der Waals surface area (Å²) in [6, 6.07) is 9.41.